The molecule has 0 aliphatic rings. The molecule has 0 saturated carbocycles. The van der Waals surface area contributed by atoms with E-state index in [9.17, 15) is 19.7 Å². The molecule has 3 rings (SSSR count). The number of amides is 1. The zero-order chi connectivity index (χ0) is 21.0. The van der Waals surface area contributed by atoms with Gasteiger partial charge in [-0.2, -0.15) is 0 Å². The normalized spacial score (nSPS) is 11.5. The van der Waals surface area contributed by atoms with Gasteiger partial charge in [0, 0.05) is 17.7 Å². The number of hydrogen-bond acceptors (Lipinski definition) is 6. The number of ether oxygens (including phenoxy) is 1. The van der Waals surface area contributed by atoms with E-state index in [0.29, 0.717) is 9.90 Å². The molecule has 7 nitrogen and oxygen atoms in total. The largest absolute Gasteiger partial charge is 0.443 e. The highest BCUT2D eigenvalue weighted by molar-refractivity contribution is 7.17. The third-order valence-electron chi connectivity index (χ3n) is 3.76. The van der Waals surface area contributed by atoms with Crippen molar-refractivity contribution in [2.24, 2.45) is 0 Å². The van der Waals surface area contributed by atoms with Crippen molar-refractivity contribution in [1.29, 1.82) is 0 Å². The Morgan fingerprint density at radius 2 is 1.79 bits per heavy atom. The van der Waals surface area contributed by atoms with Crippen LogP contribution in [0, 0.1) is 10.1 Å². The van der Waals surface area contributed by atoms with Crippen LogP contribution < -0.4 is 5.32 Å². The summed E-state index contributed by atoms with van der Waals surface area (Å²) in [5.74, 6) is -1.37. The highest BCUT2D eigenvalue weighted by Crippen LogP contribution is 2.29. The Morgan fingerprint density at radius 3 is 2.38 bits per heavy atom. The van der Waals surface area contributed by atoms with Gasteiger partial charge in [0.1, 0.15) is 4.88 Å². The number of thiophene rings is 1. The number of rotatable bonds is 6. The van der Waals surface area contributed by atoms with Gasteiger partial charge in [0.25, 0.3) is 11.6 Å². The molecule has 2 aromatic carbocycles. The fourth-order valence-electron chi connectivity index (χ4n) is 2.41. The van der Waals surface area contributed by atoms with Crippen molar-refractivity contribution in [3.63, 3.8) is 0 Å². The van der Waals surface area contributed by atoms with Crippen LogP contribution in [0.1, 0.15) is 21.3 Å². The van der Waals surface area contributed by atoms with Gasteiger partial charge in [-0.25, -0.2) is 4.79 Å². The summed E-state index contributed by atoms with van der Waals surface area (Å²) in [6, 6.07) is 15.1. The van der Waals surface area contributed by atoms with Crippen molar-refractivity contribution < 1.29 is 19.2 Å². The molecule has 3 aromatic rings. The molecule has 0 aliphatic heterocycles. The Morgan fingerprint density at radius 1 is 1.07 bits per heavy atom. The first-order chi connectivity index (χ1) is 13.8. The molecule has 1 atom stereocenters. The number of non-ortho nitro benzene ring substituents is 1. The second kappa shape index (κ2) is 9.04. The van der Waals surface area contributed by atoms with Gasteiger partial charge in [-0.1, -0.05) is 53.5 Å². The summed E-state index contributed by atoms with van der Waals surface area (Å²) in [6.45, 7) is 0. The van der Waals surface area contributed by atoms with E-state index in [2.05, 4.69) is 5.32 Å². The van der Waals surface area contributed by atoms with Gasteiger partial charge in [-0.15, -0.1) is 11.3 Å². The number of nitrogens with zero attached hydrogens (tertiary/aromatic N) is 1. The lowest BCUT2D eigenvalue weighted by Gasteiger charge is -2.18. The van der Waals surface area contributed by atoms with Gasteiger partial charge < -0.3 is 10.1 Å². The maximum atomic E-state index is 12.9. The molecular weight excluding hydrogens is 439 g/mol. The average molecular weight is 451 g/mol. The molecule has 1 amide bonds. The molecule has 0 aliphatic carbocycles. The molecule has 1 aromatic heterocycles. The fourth-order valence-corrected chi connectivity index (χ4v) is 3.56. The van der Waals surface area contributed by atoms with Gasteiger partial charge in [-0.3, -0.25) is 14.9 Å². The number of hydrogen-bond donors (Lipinski definition) is 1. The molecule has 29 heavy (non-hydrogen) atoms. The summed E-state index contributed by atoms with van der Waals surface area (Å²) in [6.07, 6.45) is -1.27. The van der Waals surface area contributed by atoms with E-state index in [0.717, 1.165) is 17.4 Å². The lowest BCUT2D eigenvalue weighted by molar-refractivity contribution is -0.384. The van der Waals surface area contributed by atoms with Crippen molar-refractivity contribution in [1.82, 2.24) is 0 Å². The summed E-state index contributed by atoms with van der Waals surface area (Å²) in [4.78, 5) is 35.8. The van der Waals surface area contributed by atoms with Crippen LogP contribution in [0.15, 0.2) is 60.7 Å². The van der Waals surface area contributed by atoms with Crippen LogP contribution in [0.3, 0.4) is 0 Å². The second-order valence-corrected chi connectivity index (χ2v) is 7.83. The van der Waals surface area contributed by atoms with E-state index in [-0.39, 0.29) is 21.3 Å². The first kappa shape index (κ1) is 20.8. The zero-order valence-corrected chi connectivity index (χ0v) is 16.8. The molecule has 0 radical (unpaired) electrons. The van der Waals surface area contributed by atoms with Gasteiger partial charge in [0.05, 0.1) is 20.0 Å². The average Bonchev–Trinajstić information content (AvgIpc) is 3.14. The topological polar surface area (TPSA) is 98.5 Å². The van der Waals surface area contributed by atoms with E-state index < -0.39 is 22.9 Å². The number of nitro benzene ring substituents is 1. The number of benzene rings is 2. The number of anilines is 1. The van der Waals surface area contributed by atoms with E-state index in [1.165, 1.54) is 18.2 Å². The third kappa shape index (κ3) is 5.11. The summed E-state index contributed by atoms with van der Waals surface area (Å²) >= 11 is 12.9. The van der Waals surface area contributed by atoms with Crippen LogP contribution in [0.4, 0.5) is 11.4 Å². The number of carbonyl (C=O) groups excluding carboxylic acids is 2. The van der Waals surface area contributed by atoms with Crippen LogP contribution >= 0.6 is 34.5 Å². The van der Waals surface area contributed by atoms with Gasteiger partial charge in [-0.05, 0) is 18.2 Å². The number of halogens is 2. The Hall–Kier alpha value is -2.94. The van der Waals surface area contributed by atoms with Gasteiger partial charge in [0.15, 0.2) is 0 Å². The van der Waals surface area contributed by atoms with E-state index in [1.54, 1.807) is 36.4 Å². The fraction of sp³-hybridized carbons (Fsp3) is 0.0526. The first-order valence-corrected chi connectivity index (χ1v) is 9.68. The third-order valence-corrected chi connectivity index (χ3v) is 5.28. The number of nitro groups is 1. The number of nitrogens with one attached hydrogen (secondary N) is 1. The lowest BCUT2D eigenvalue weighted by Crippen LogP contribution is -2.25. The molecule has 0 spiro atoms. The molecule has 1 heterocycles. The van der Waals surface area contributed by atoms with E-state index >= 15 is 0 Å². The van der Waals surface area contributed by atoms with Crippen LogP contribution in [-0.4, -0.2) is 16.8 Å². The molecule has 0 fully saturated rings. The SMILES string of the molecule is O=C(OC(C(=O)Nc1ccc([N+](=O)[O-])cc1Cl)c1ccccc1)c1ccc(Cl)s1. The zero-order valence-electron chi connectivity index (χ0n) is 14.5. The lowest BCUT2D eigenvalue weighted by atomic mass is 10.1. The van der Waals surface area contributed by atoms with Crippen molar-refractivity contribution >= 4 is 57.8 Å². The first-order valence-electron chi connectivity index (χ1n) is 8.11. The molecular formula is C19H12Cl2N2O5S. The van der Waals surface area contributed by atoms with Crippen molar-refractivity contribution in [3.8, 4) is 0 Å². The smallest absolute Gasteiger partial charge is 0.349 e. The minimum absolute atomic E-state index is 0.0178. The highest BCUT2D eigenvalue weighted by Gasteiger charge is 2.27. The van der Waals surface area contributed by atoms with Crippen molar-refractivity contribution in [2.45, 2.75) is 6.10 Å². The standard InChI is InChI=1S/C19H12Cl2N2O5S/c20-13-10-12(23(26)27)6-7-14(13)22-18(24)17(11-4-2-1-3-5-11)28-19(25)15-8-9-16(21)29-15/h1-10,17H,(H,22,24). The summed E-state index contributed by atoms with van der Waals surface area (Å²) in [5.41, 5.74) is 0.381. The maximum Gasteiger partial charge on any atom is 0.349 e. The van der Waals surface area contributed by atoms with Crippen LogP contribution in [0.25, 0.3) is 0 Å². The predicted octanol–water partition coefficient (Wildman–Crippen LogP) is 5.50. The van der Waals surface area contributed by atoms with Crippen LogP contribution in [0.5, 0.6) is 0 Å². The number of carbonyl (C=O) groups is 2. The van der Waals surface area contributed by atoms with Crippen LogP contribution in [-0.2, 0) is 9.53 Å². The summed E-state index contributed by atoms with van der Waals surface area (Å²) < 4.78 is 5.83. The number of esters is 1. The van der Waals surface area contributed by atoms with Crippen molar-refractivity contribution in [2.75, 3.05) is 5.32 Å². The molecule has 1 N–H and O–H groups in total. The molecule has 0 saturated heterocycles. The molecule has 10 heteroatoms. The Balaban J connectivity index is 1.85. The van der Waals surface area contributed by atoms with Gasteiger partial charge in [0.2, 0.25) is 6.10 Å². The summed E-state index contributed by atoms with van der Waals surface area (Å²) in [7, 11) is 0. The predicted molar refractivity (Wildman–Crippen MR) is 111 cm³/mol. The molecule has 0 bridgehead atoms. The monoisotopic (exact) mass is 450 g/mol. The minimum Gasteiger partial charge on any atom is -0.443 e. The van der Waals surface area contributed by atoms with E-state index in [4.69, 9.17) is 27.9 Å². The highest BCUT2D eigenvalue weighted by atomic mass is 35.5. The Kier molecular flexibility index (Phi) is 6.48. The Labute approximate surface area is 179 Å². The maximum absolute atomic E-state index is 12.9. The molecule has 1 unspecified atom stereocenters. The Bertz CT molecular complexity index is 1070. The minimum atomic E-state index is -1.27. The quantitative estimate of drug-likeness (QED) is 0.303. The second-order valence-electron chi connectivity index (χ2n) is 5.71. The van der Waals surface area contributed by atoms with Crippen molar-refractivity contribution in [3.05, 3.63) is 90.6 Å². The van der Waals surface area contributed by atoms with Gasteiger partial charge >= 0.3 is 5.97 Å². The summed E-state index contributed by atoms with van der Waals surface area (Å²) in [5, 5.41) is 13.4. The van der Waals surface area contributed by atoms with Crippen LogP contribution in [0.2, 0.25) is 9.36 Å². The van der Waals surface area contributed by atoms with E-state index in [1.807, 2.05) is 0 Å². The molecule has 148 valence electrons.